The topological polar surface area (TPSA) is 0 Å². The zero-order chi connectivity index (χ0) is 6.69. The quantitative estimate of drug-likeness (QED) is 0.505. The maximum Gasteiger partial charge on any atom is 0.114 e. The third kappa shape index (κ3) is 1.39. The van der Waals surface area contributed by atoms with Gasteiger partial charge < -0.3 is 0 Å². The first-order chi connectivity index (χ1) is 4.34. The Kier molecular flexibility index (Phi) is 2.00. The van der Waals surface area contributed by atoms with Crippen molar-refractivity contribution in [1.29, 1.82) is 0 Å². The highest BCUT2D eigenvalue weighted by Crippen LogP contribution is 1.95. The van der Waals surface area contributed by atoms with Crippen LogP contribution in [0.4, 0.5) is 4.39 Å². The zero-order valence-electron chi connectivity index (χ0n) is 4.89. The normalized spacial score (nSPS) is 9.56. The van der Waals surface area contributed by atoms with Gasteiger partial charge in [-0.2, -0.15) is 0 Å². The van der Waals surface area contributed by atoms with Gasteiger partial charge >= 0.3 is 0 Å². The lowest BCUT2D eigenvalue weighted by Crippen LogP contribution is -2.07. The van der Waals surface area contributed by atoms with E-state index in [1.165, 1.54) is 0 Å². The molecule has 0 N–H and O–H groups in total. The van der Waals surface area contributed by atoms with Crippen molar-refractivity contribution in [3.8, 4) is 0 Å². The number of hydrogen-bond acceptors (Lipinski definition) is 0. The summed E-state index contributed by atoms with van der Waals surface area (Å²) in [7, 11) is 3.26. The fraction of sp³-hybridized carbons (Fsp3) is 0.143. The van der Waals surface area contributed by atoms with Crippen molar-refractivity contribution >= 4 is 15.4 Å². The van der Waals surface area contributed by atoms with Gasteiger partial charge in [-0.1, -0.05) is 29.5 Å². The molecule has 0 saturated heterocycles. The third-order valence-corrected chi connectivity index (χ3v) is 1.65. The van der Waals surface area contributed by atoms with Crippen LogP contribution in [0.1, 0.15) is 5.56 Å². The highest BCUT2D eigenvalue weighted by molar-refractivity contribution is 6.33. The molecule has 1 aromatic carbocycles. The molecule has 0 bridgehead atoms. The van der Waals surface area contributed by atoms with Gasteiger partial charge in [-0.25, -0.2) is 4.39 Å². The summed E-state index contributed by atoms with van der Waals surface area (Å²) in [6.45, 7) is -0.403. The Morgan fingerprint density at radius 2 is 2.00 bits per heavy atom. The molecule has 45 valence electrons. The van der Waals surface area contributed by atoms with Crippen molar-refractivity contribution in [2.45, 2.75) is 6.67 Å². The van der Waals surface area contributed by atoms with Crippen LogP contribution in [0.3, 0.4) is 0 Å². The summed E-state index contributed by atoms with van der Waals surface area (Å²) in [4.78, 5) is 0. The molecule has 0 aliphatic rings. The number of rotatable bonds is 1. The molecule has 0 heterocycles. The van der Waals surface area contributed by atoms with Gasteiger partial charge in [0.15, 0.2) is 0 Å². The first-order valence-electron chi connectivity index (χ1n) is 2.70. The predicted molar refractivity (Wildman–Crippen MR) is 36.6 cm³/mol. The van der Waals surface area contributed by atoms with Crippen LogP contribution in [0.25, 0.3) is 0 Å². The summed E-state index contributed by atoms with van der Waals surface area (Å²) in [6, 6.07) is 7.26. The first-order valence-corrected chi connectivity index (χ1v) is 3.20. The molecular formula is C7H6FSi. The SMILES string of the molecule is FCc1ccccc1[Si]. The molecule has 0 unspecified atom stereocenters. The van der Waals surface area contributed by atoms with E-state index in [1.807, 2.05) is 18.2 Å². The number of halogens is 1. The van der Waals surface area contributed by atoms with Crippen LogP contribution >= 0.6 is 0 Å². The van der Waals surface area contributed by atoms with Gasteiger partial charge in [0, 0.05) is 0 Å². The minimum Gasteiger partial charge on any atom is -0.246 e. The maximum atomic E-state index is 12.0. The van der Waals surface area contributed by atoms with Gasteiger partial charge in [0.2, 0.25) is 0 Å². The van der Waals surface area contributed by atoms with Gasteiger partial charge in [-0.05, 0) is 5.56 Å². The van der Waals surface area contributed by atoms with Gasteiger partial charge in [-0.3, -0.25) is 0 Å². The number of hydrogen-bond donors (Lipinski definition) is 0. The van der Waals surface area contributed by atoms with Crippen LogP contribution in [0.5, 0.6) is 0 Å². The summed E-state index contributed by atoms with van der Waals surface area (Å²) in [5.74, 6) is 0. The van der Waals surface area contributed by atoms with E-state index < -0.39 is 6.67 Å². The van der Waals surface area contributed by atoms with Crippen molar-refractivity contribution in [3.05, 3.63) is 29.8 Å². The molecule has 0 spiro atoms. The molecule has 0 aliphatic heterocycles. The van der Waals surface area contributed by atoms with Crippen molar-refractivity contribution in [3.63, 3.8) is 0 Å². The Labute approximate surface area is 57.1 Å². The van der Waals surface area contributed by atoms with Crippen LogP contribution in [0.15, 0.2) is 24.3 Å². The van der Waals surface area contributed by atoms with E-state index in [2.05, 4.69) is 10.2 Å². The van der Waals surface area contributed by atoms with E-state index >= 15 is 0 Å². The van der Waals surface area contributed by atoms with Crippen molar-refractivity contribution in [1.82, 2.24) is 0 Å². The monoisotopic (exact) mass is 137 g/mol. The molecule has 0 aliphatic carbocycles. The molecule has 1 aromatic rings. The van der Waals surface area contributed by atoms with Crippen molar-refractivity contribution in [2.24, 2.45) is 0 Å². The molecule has 3 radical (unpaired) electrons. The molecule has 9 heavy (non-hydrogen) atoms. The summed E-state index contributed by atoms with van der Waals surface area (Å²) in [5.41, 5.74) is 0.703. The Morgan fingerprint density at radius 1 is 1.33 bits per heavy atom. The summed E-state index contributed by atoms with van der Waals surface area (Å²) >= 11 is 0. The van der Waals surface area contributed by atoms with Gasteiger partial charge in [-0.15, -0.1) is 0 Å². The molecule has 0 atom stereocenters. The second-order valence-corrected chi connectivity index (χ2v) is 2.33. The Bertz CT molecular complexity index is 198. The van der Waals surface area contributed by atoms with Crippen molar-refractivity contribution in [2.75, 3.05) is 0 Å². The maximum absolute atomic E-state index is 12.0. The summed E-state index contributed by atoms with van der Waals surface area (Å²) < 4.78 is 12.0. The van der Waals surface area contributed by atoms with E-state index in [-0.39, 0.29) is 0 Å². The highest BCUT2D eigenvalue weighted by Gasteiger charge is 1.92. The Hall–Kier alpha value is -0.633. The summed E-state index contributed by atoms with van der Waals surface area (Å²) in [5, 5.41) is 0.833. The van der Waals surface area contributed by atoms with Crippen LogP contribution in [0.2, 0.25) is 0 Å². The van der Waals surface area contributed by atoms with Gasteiger partial charge in [0.25, 0.3) is 0 Å². The first kappa shape index (κ1) is 6.49. The minimum atomic E-state index is -0.403. The lowest BCUT2D eigenvalue weighted by atomic mass is 10.2. The minimum absolute atomic E-state index is 0.403. The second kappa shape index (κ2) is 2.78. The average Bonchev–Trinajstić information content (AvgIpc) is 1.89. The van der Waals surface area contributed by atoms with Gasteiger partial charge in [0.05, 0.1) is 10.2 Å². The van der Waals surface area contributed by atoms with Crippen LogP contribution < -0.4 is 5.19 Å². The zero-order valence-corrected chi connectivity index (χ0v) is 5.89. The summed E-state index contributed by atoms with van der Waals surface area (Å²) in [6.07, 6.45) is 0. The van der Waals surface area contributed by atoms with E-state index in [4.69, 9.17) is 0 Å². The Balaban J connectivity index is 3.01. The lowest BCUT2D eigenvalue weighted by Gasteiger charge is -1.96. The standard InChI is InChI=1S/C7H6FSi/c8-5-6-3-1-2-4-7(6)9/h1-4H,5H2. The molecule has 0 saturated carbocycles. The van der Waals surface area contributed by atoms with Crippen LogP contribution in [0, 0.1) is 0 Å². The molecule has 1 rings (SSSR count). The van der Waals surface area contributed by atoms with Gasteiger partial charge in [0.1, 0.15) is 6.67 Å². The molecular weight excluding hydrogens is 131 g/mol. The third-order valence-electron chi connectivity index (χ3n) is 1.16. The number of alkyl halides is 1. The largest absolute Gasteiger partial charge is 0.246 e. The fourth-order valence-corrected chi connectivity index (χ4v) is 0.883. The van der Waals surface area contributed by atoms with Crippen LogP contribution in [-0.2, 0) is 6.67 Å². The lowest BCUT2D eigenvalue weighted by molar-refractivity contribution is 0.487. The molecule has 0 nitrogen and oxygen atoms in total. The second-order valence-electron chi connectivity index (χ2n) is 1.79. The van der Waals surface area contributed by atoms with Crippen molar-refractivity contribution < 1.29 is 4.39 Å². The highest BCUT2D eigenvalue weighted by atomic mass is 28.1. The smallest absolute Gasteiger partial charge is 0.114 e. The van der Waals surface area contributed by atoms with E-state index in [9.17, 15) is 4.39 Å². The fourth-order valence-electron chi connectivity index (χ4n) is 0.637. The van der Waals surface area contributed by atoms with Crippen LogP contribution in [-0.4, -0.2) is 10.2 Å². The molecule has 0 amide bonds. The number of benzene rings is 1. The molecule has 2 heteroatoms. The Morgan fingerprint density at radius 3 is 2.44 bits per heavy atom. The van der Waals surface area contributed by atoms with E-state index in [0.29, 0.717) is 5.56 Å². The predicted octanol–water partition coefficient (Wildman–Crippen LogP) is 0.950. The molecule has 0 fully saturated rings. The average molecular weight is 137 g/mol. The van der Waals surface area contributed by atoms with E-state index in [0.717, 1.165) is 5.19 Å². The van der Waals surface area contributed by atoms with E-state index in [1.54, 1.807) is 6.07 Å². The molecule has 0 aromatic heterocycles.